The molecule has 0 radical (unpaired) electrons. The van der Waals surface area contributed by atoms with Crippen molar-refractivity contribution in [2.24, 2.45) is 0 Å². The maximum atomic E-state index is 5.58. The number of nitrogen functional groups attached to an aromatic ring is 1. The van der Waals surface area contributed by atoms with Crippen LogP contribution in [-0.4, -0.2) is 36.1 Å². The summed E-state index contributed by atoms with van der Waals surface area (Å²) in [5.74, 6) is 0.929. The molecule has 0 amide bonds. The molecule has 0 saturated carbocycles. The average molecular weight is 206 g/mol. The van der Waals surface area contributed by atoms with Crippen molar-refractivity contribution in [1.82, 2.24) is 9.88 Å². The Kier molecular flexibility index (Phi) is 3.06. The fourth-order valence-electron chi connectivity index (χ4n) is 1.85. The molecule has 0 aliphatic carbocycles. The zero-order valence-corrected chi connectivity index (χ0v) is 9.11. The standard InChI is InChI=1S/C11H18N4/c1-15-6-4-10(5-7-15)14-11-3-2-9(12)8-13-11/h2-3,8,10H,4-7,12H2,1H3,(H,13,14). The Morgan fingerprint density at radius 3 is 2.73 bits per heavy atom. The van der Waals surface area contributed by atoms with E-state index in [1.54, 1.807) is 6.20 Å². The Bertz CT molecular complexity index is 301. The van der Waals surface area contributed by atoms with Crippen molar-refractivity contribution in [3.05, 3.63) is 18.3 Å². The van der Waals surface area contributed by atoms with E-state index in [9.17, 15) is 0 Å². The number of likely N-dealkylation sites (tertiary alicyclic amines) is 1. The molecule has 0 bridgehead atoms. The number of piperidine rings is 1. The lowest BCUT2D eigenvalue weighted by Gasteiger charge is -2.29. The van der Waals surface area contributed by atoms with Gasteiger partial charge in [0, 0.05) is 6.04 Å². The van der Waals surface area contributed by atoms with E-state index >= 15 is 0 Å². The Hall–Kier alpha value is -1.29. The van der Waals surface area contributed by atoms with Gasteiger partial charge in [-0.3, -0.25) is 0 Å². The number of hydrogen-bond acceptors (Lipinski definition) is 4. The SMILES string of the molecule is CN1CCC(Nc2ccc(N)cn2)CC1. The Morgan fingerprint density at radius 1 is 1.40 bits per heavy atom. The first-order valence-electron chi connectivity index (χ1n) is 5.40. The van der Waals surface area contributed by atoms with Crippen molar-refractivity contribution in [1.29, 1.82) is 0 Å². The van der Waals surface area contributed by atoms with E-state index in [4.69, 9.17) is 5.73 Å². The fourth-order valence-corrected chi connectivity index (χ4v) is 1.85. The van der Waals surface area contributed by atoms with E-state index in [2.05, 4.69) is 22.2 Å². The van der Waals surface area contributed by atoms with Crippen LogP contribution in [-0.2, 0) is 0 Å². The monoisotopic (exact) mass is 206 g/mol. The van der Waals surface area contributed by atoms with Crippen LogP contribution in [0.5, 0.6) is 0 Å². The average Bonchev–Trinajstić information content (AvgIpc) is 2.25. The number of nitrogens with one attached hydrogen (secondary N) is 1. The zero-order valence-electron chi connectivity index (χ0n) is 9.11. The molecule has 15 heavy (non-hydrogen) atoms. The maximum absolute atomic E-state index is 5.58. The second kappa shape index (κ2) is 4.49. The summed E-state index contributed by atoms with van der Waals surface area (Å²) in [4.78, 5) is 6.60. The van der Waals surface area contributed by atoms with Crippen LogP contribution in [0, 0.1) is 0 Å². The van der Waals surface area contributed by atoms with Gasteiger partial charge in [0.1, 0.15) is 5.82 Å². The molecular weight excluding hydrogens is 188 g/mol. The summed E-state index contributed by atoms with van der Waals surface area (Å²) in [7, 11) is 2.16. The van der Waals surface area contributed by atoms with Crippen molar-refractivity contribution >= 4 is 11.5 Å². The van der Waals surface area contributed by atoms with E-state index in [1.807, 2.05) is 12.1 Å². The van der Waals surface area contributed by atoms with Crippen LogP contribution in [0.3, 0.4) is 0 Å². The summed E-state index contributed by atoms with van der Waals surface area (Å²) in [5.41, 5.74) is 6.29. The van der Waals surface area contributed by atoms with Crippen molar-refractivity contribution < 1.29 is 0 Å². The molecule has 82 valence electrons. The quantitative estimate of drug-likeness (QED) is 0.762. The minimum Gasteiger partial charge on any atom is -0.397 e. The molecule has 0 aromatic carbocycles. The number of aromatic nitrogens is 1. The van der Waals surface area contributed by atoms with Gasteiger partial charge in [-0.15, -0.1) is 0 Å². The molecular formula is C11H18N4. The molecule has 1 saturated heterocycles. The maximum Gasteiger partial charge on any atom is 0.126 e. The first-order valence-corrected chi connectivity index (χ1v) is 5.40. The topological polar surface area (TPSA) is 54.2 Å². The minimum absolute atomic E-state index is 0.553. The van der Waals surface area contributed by atoms with E-state index in [0.717, 1.165) is 18.9 Å². The predicted octanol–water partition coefficient (Wildman–Crippen LogP) is 1.17. The van der Waals surface area contributed by atoms with Gasteiger partial charge < -0.3 is 16.0 Å². The highest BCUT2D eigenvalue weighted by molar-refractivity contribution is 5.44. The largest absolute Gasteiger partial charge is 0.397 e. The molecule has 1 aromatic rings. The molecule has 1 aliphatic rings. The van der Waals surface area contributed by atoms with Crippen molar-refractivity contribution in [2.75, 3.05) is 31.2 Å². The predicted molar refractivity (Wildman–Crippen MR) is 62.8 cm³/mol. The highest BCUT2D eigenvalue weighted by Crippen LogP contribution is 2.14. The van der Waals surface area contributed by atoms with Gasteiger partial charge in [-0.1, -0.05) is 0 Å². The second-order valence-corrected chi connectivity index (χ2v) is 4.20. The van der Waals surface area contributed by atoms with Crippen LogP contribution in [0.25, 0.3) is 0 Å². The van der Waals surface area contributed by atoms with E-state index < -0.39 is 0 Å². The third-order valence-electron chi connectivity index (χ3n) is 2.86. The number of nitrogens with two attached hydrogens (primary N) is 1. The molecule has 4 heteroatoms. The van der Waals surface area contributed by atoms with E-state index in [0.29, 0.717) is 11.7 Å². The van der Waals surface area contributed by atoms with Gasteiger partial charge in [0.25, 0.3) is 0 Å². The lowest BCUT2D eigenvalue weighted by atomic mass is 10.1. The van der Waals surface area contributed by atoms with Crippen molar-refractivity contribution in [3.8, 4) is 0 Å². The zero-order chi connectivity index (χ0) is 10.7. The van der Waals surface area contributed by atoms with Crippen molar-refractivity contribution in [2.45, 2.75) is 18.9 Å². The number of hydrogen-bond donors (Lipinski definition) is 2. The lowest BCUT2D eigenvalue weighted by Crippen LogP contribution is -2.36. The van der Waals surface area contributed by atoms with Gasteiger partial charge in [-0.25, -0.2) is 4.98 Å². The summed E-state index contributed by atoms with van der Waals surface area (Å²) < 4.78 is 0. The summed E-state index contributed by atoms with van der Waals surface area (Å²) in [6.45, 7) is 2.32. The first kappa shape index (κ1) is 10.2. The Morgan fingerprint density at radius 2 is 2.13 bits per heavy atom. The minimum atomic E-state index is 0.553. The third-order valence-corrected chi connectivity index (χ3v) is 2.86. The van der Waals surface area contributed by atoms with Gasteiger partial charge in [-0.2, -0.15) is 0 Å². The van der Waals surface area contributed by atoms with Crippen LogP contribution < -0.4 is 11.1 Å². The Labute approximate surface area is 90.5 Å². The fraction of sp³-hybridized carbons (Fsp3) is 0.545. The van der Waals surface area contributed by atoms with Gasteiger partial charge >= 0.3 is 0 Å². The number of anilines is 2. The van der Waals surface area contributed by atoms with Gasteiger partial charge in [0.15, 0.2) is 0 Å². The number of rotatable bonds is 2. The number of pyridine rings is 1. The van der Waals surface area contributed by atoms with Crippen LogP contribution in [0.1, 0.15) is 12.8 Å². The van der Waals surface area contributed by atoms with Crippen LogP contribution in [0.4, 0.5) is 11.5 Å². The molecule has 0 spiro atoms. The summed E-state index contributed by atoms with van der Waals surface area (Å²) in [6, 6.07) is 4.37. The second-order valence-electron chi connectivity index (χ2n) is 4.20. The summed E-state index contributed by atoms with van der Waals surface area (Å²) in [6.07, 6.45) is 4.06. The molecule has 4 nitrogen and oxygen atoms in total. The van der Waals surface area contributed by atoms with E-state index in [-0.39, 0.29) is 0 Å². The van der Waals surface area contributed by atoms with Gasteiger partial charge in [0.05, 0.1) is 11.9 Å². The third kappa shape index (κ3) is 2.83. The molecule has 3 N–H and O–H groups in total. The van der Waals surface area contributed by atoms with Crippen LogP contribution >= 0.6 is 0 Å². The Balaban J connectivity index is 1.89. The molecule has 0 unspecified atom stereocenters. The molecule has 1 fully saturated rings. The van der Waals surface area contributed by atoms with E-state index in [1.165, 1.54) is 12.8 Å². The first-order chi connectivity index (χ1) is 7.24. The highest BCUT2D eigenvalue weighted by atomic mass is 15.1. The lowest BCUT2D eigenvalue weighted by molar-refractivity contribution is 0.263. The number of nitrogens with zero attached hydrogens (tertiary/aromatic N) is 2. The molecule has 1 aliphatic heterocycles. The van der Waals surface area contributed by atoms with Crippen LogP contribution in [0.2, 0.25) is 0 Å². The summed E-state index contributed by atoms with van der Waals surface area (Å²) >= 11 is 0. The van der Waals surface area contributed by atoms with Crippen molar-refractivity contribution in [3.63, 3.8) is 0 Å². The van der Waals surface area contributed by atoms with Crippen LogP contribution in [0.15, 0.2) is 18.3 Å². The highest BCUT2D eigenvalue weighted by Gasteiger charge is 2.16. The summed E-state index contributed by atoms with van der Waals surface area (Å²) in [5, 5.41) is 3.44. The molecule has 0 atom stereocenters. The normalized spacial score (nSPS) is 19.0. The molecule has 1 aromatic heterocycles. The smallest absolute Gasteiger partial charge is 0.126 e. The van der Waals surface area contributed by atoms with Gasteiger partial charge in [0.2, 0.25) is 0 Å². The molecule has 2 heterocycles. The van der Waals surface area contributed by atoms with Gasteiger partial charge in [-0.05, 0) is 45.1 Å². The molecule has 2 rings (SSSR count).